The summed E-state index contributed by atoms with van der Waals surface area (Å²) in [6, 6.07) is 7.92. The average Bonchev–Trinajstić information content (AvgIpc) is 3.20. The number of likely N-dealkylation sites (tertiary alicyclic amines) is 1. The number of halogens is 1. The van der Waals surface area contributed by atoms with Crippen molar-refractivity contribution in [2.75, 3.05) is 31.6 Å². The van der Waals surface area contributed by atoms with Crippen molar-refractivity contribution in [3.8, 4) is 0 Å². The van der Waals surface area contributed by atoms with E-state index < -0.39 is 0 Å². The summed E-state index contributed by atoms with van der Waals surface area (Å²) in [6.07, 6.45) is 6.05. The number of anilines is 1. The molecule has 32 heavy (non-hydrogen) atoms. The zero-order valence-electron chi connectivity index (χ0n) is 18.1. The van der Waals surface area contributed by atoms with E-state index in [0.29, 0.717) is 23.8 Å². The van der Waals surface area contributed by atoms with Gasteiger partial charge in [-0.25, -0.2) is 14.4 Å². The molecular weight excluding hydrogens is 405 g/mol. The van der Waals surface area contributed by atoms with Crippen LogP contribution in [0, 0.1) is 17.7 Å². The standard InChI is InChI=1S/C25H28FN5O/c26-18-4-5-19-15(7-18)3-6-22(31-9-16-11-32-12-17(16)10-31)23(19)30-25-20-8-21(14-1-2-14)29-24(20)27-13-28-25/h4-5,7-8,13-14,16-17,22-23H,1-3,6,9-12H2,(H2,27,28,29,30)/t16-,17+,22-,23-/m0/s1. The summed E-state index contributed by atoms with van der Waals surface area (Å²) in [5.74, 6) is 2.63. The van der Waals surface area contributed by atoms with Gasteiger partial charge in [-0.2, -0.15) is 0 Å². The molecule has 4 heterocycles. The Balaban J connectivity index is 1.26. The number of aromatic amines is 1. The second-order valence-corrected chi connectivity index (χ2v) is 10.1. The first-order valence-corrected chi connectivity index (χ1v) is 11.9. The molecule has 7 rings (SSSR count). The minimum Gasteiger partial charge on any atom is -0.381 e. The van der Waals surface area contributed by atoms with Crippen LogP contribution in [0.4, 0.5) is 10.2 Å². The SMILES string of the molecule is Fc1ccc2c(c1)CC[C@H](N1C[C@H]3COC[C@H]3C1)[C@H]2Nc1ncnc2[nH]c(C3CC3)cc12. The highest BCUT2D eigenvalue weighted by molar-refractivity contribution is 5.88. The third kappa shape index (κ3) is 3.13. The molecule has 2 aromatic heterocycles. The van der Waals surface area contributed by atoms with Crippen LogP contribution in [0.2, 0.25) is 0 Å². The van der Waals surface area contributed by atoms with Crippen molar-refractivity contribution in [3.63, 3.8) is 0 Å². The zero-order chi connectivity index (χ0) is 21.2. The van der Waals surface area contributed by atoms with E-state index in [0.717, 1.165) is 61.6 Å². The van der Waals surface area contributed by atoms with E-state index >= 15 is 0 Å². The van der Waals surface area contributed by atoms with Gasteiger partial charge in [-0.05, 0) is 60.9 Å². The fourth-order valence-corrected chi connectivity index (χ4v) is 6.17. The smallest absolute Gasteiger partial charge is 0.143 e. The molecule has 4 atom stereocenters. The van der Waals surface area contributed by atoms with Gasteiger partial charge in [0.05, 0.1) is 24.6 Å². The number of ether oxygens (including phenoxy) is 1. The Morgan fingerprint density at radius 3 is 2.72 bits per heavy atom. The van der Waals surface area contributed by atoms with Crippen LogP contribution in [-0.2, 0) is 11.2 Å². The van der Waals surface area contributed by atoms with Crippen LogP contribution in [-0.4, -0.2) is 52.2 Å². The van der Waals surface area contributed by atoms with Gasteiger partial charge in [0.1, 0.15) is 23.6 Å². The van der Waals surface area contributed by atoms with E-state index in [-0.39, 0.29) is 11.9 Å². The highest BCUT2D eigenvalue weighted by Gasteiger charge is 2.43. The van der Waals surface area contributed by atoms with Crippen molar-refractivity contribution >= 4 is 16.9 Å². The first-order chi connectivity index (χ1) is 15.7. The van der Waals surface area contributed by atoms with Crippen LogP contribution >= 0.6 is 0 Å². The minimum atomic E-state index is -0.155. The number of nitrogens with one attached hydrogen (secondary N) is 2. The maximum absolute atomic E-state index is 14.0. The molecule has 2 aliphatic heterocycles. The molecule has 2 aliphatic carbocycles. The van der Waals surface area contributed by atoms with E-state index in [9.17, 15) is 4.39 Å². The Hall–Kier alpha value is -2.51. The first kappa shape index (κ1) is 19.0. The summed E-state index contributed by atoms with van der Waals surface area (Å²) >= 11 is 0. The van der Waals surface area contributed by atoms with Gasteiger partial charge in [-0.15, -0.1) is 0 Å². The van der Waals surface area contributed by atoms with Crippen LogP contribution in [0.5, 0.6) is 0 Å². The Bertz CT molecular complexity index is 1160. The lowest BCUT2D eigenvalue weighted by Crippen LogP contribution is -2.44. The minimum absolute atomic E-state index is 0.0662. The van der Waals surface area contributed by atoms with Gasteiger partial charge in [0.2, 0.25) is 0 Å². The van der Waals surface area contributed by atoms with Crippen molar-refractivity contribution in [1.29, 1.82) is 0 Å². The lowest BCUT2D eigenvalue weighted by atomic mass is 9.83. The van der Waals surface area contributed by atoms with Crippen LogP contribution in [0.1, 0.15) is 48.0 Å². The molecule has 0 amide bonds. The van der Waals surface area contributed by atoms with E-state index in [1.807, 2.05) is 6.07 Å². The molecule has 0 spiro atoms. The van der Waals surface area contributed by atoms with Crippen LogP contribution < -0.4 is 5.32 Å². The Labute approximate surface area is 186 Å². The van der Waals surface area contributed by atoms with Crippen molar-refractivity contribution in [2.24, 2.45) is 11.8 Å². The fourth-order valence-electron chi connectivity index (χ4n) is 6.17. The molecule has 1 saturated carbocycles. The molecule has 0 bridgehead atoms. The highest BCUT2D eigenvalue weighted by atomic mass is 19.1. The number of benzene rings is 1. The van der Waals surface area contributed by atoms with Gasteiger partial charge in [0.15, 0.2) is 0 Å². The van der Waals surface area contributed by atoms with Gasteiger partial charge >= 0.3 is 0 Å². The molecule has 7 heteroatoms. The fraction of sp³-hybridized carbons (Fsp3) is 0.520. The molecule has 166 valence electrons. The van der Waals surface area contributed by atoms with E-state index in [2.05, 4.69) is 31.2 Å². The van der Waals surface area contributed by atoms with E-state index in [1.165, 1.54) is 24.1 Å². The molecule has 0 unspecified atom stereocenters. The van der Waals surface area contributed by atoms with Crippen LogP contribution in [0.15, 0.2) is 30.6 Å². The van der Waals surface area contributed by atoms with Gasteiger partial charge in [-0.1, -0.05) is 6.07 Å². The molecule has 4 aliphatic rings. The quantitative estimate of drug-likeness (QED) is 0.651. The number of fused-ring (bicyclic) bond motifs is 3. The number of aryl methyl sites for hydroxylation is 1. The van der Waals surface area contributed by atoms with Gasteiger partial charge in [-0.3, -0.25) is 4.90 Å². The first-order valence-electron chi connectivity index (χ1n) is 11.9. The van der Waals surface area contributed by atoms with E-state index in [4.69, 9.17) is 4.74 Å². The number of H-pyrrole nitrogens is 1. The monoisotopic (exact) mass is 433 g/mol. The van der Waals surface area contributed by atoms with Crippen LogP contribution in [0.25, 0.3) is 11.0 Å². The van der Waals surface area contributed by atoms with E-state index in [1.54, 1.807) is 18.5 Å². The summed E-state index contributed by atoms with van der Waals surface area (Å²) < 4.78 is 19.7. The predicted molar refractivity (Wildman–Crippen MR) is 120 cm³/mol. The van der Waals surface area contributed by atoms with Crippen molar-refractivity contribution in [3.05, 3.63) is 53.2 Å². The maximum atomic E-state index is 14.0. The third-order valence-electron chi connectivity index (χ3n) is 8.03. The molecule has 3 fully saturated rings. The molecule has 1 aromatic carbocycles. The Morgan fingerprint density at radius 2 is 1.91 bits per heavy atom. The largest absolute Gasteiger partial charge is 0.381 e. The Kier molecular flexibility index (Phi) is 4.31. The normalized spacial score (nSPS) is 29.9. The van der Waals surface area contributed by atoms with Gasteiger partial charge in [0, 0.05) is 36.7 Å². The highest BCUT2D eigenvalue weighted by Crippen LogP contribution is 2.43. The number of hydrogen-bond donors (Lipinski definition) is 2. The molecule has 2 N–H and O–H groups in total. The third-order valence-corrected chi connectivity index (χ3v) is 8.03. The lowest BCUT2D eigenvalue weighted by Gasteiger charge is -2.40. The topological polar surface area (TPSA) is 66.1 Å². The summed E-state index contributed by atoms with van der Waals surface area (Å²) in [5, 5.41) is 4.85. The van der Waals surface area contributed by atoms with Crippen molar-refractivity contribution < 1.29 is 9.13 Å². The predicted octanol–water partition coefficient (Wildman–Crippen LogP) is 4.02. The van der Waals surface area contributed by atoms with Crippen molar-refractivity contribution in [2.45, 2.75) is 43.7 Å². The zero-order valence-corrected chi connectivity index (χ0v) is 18.1. The summed E-state index contributed by atoms with van der Waals surface area (Å²) in [6.45, 7) is 3.93. The summed E-state index contributed by atoms with van der Waals surface area (Å²) in [5.41, 5.74) is 4.46. The summed E-state index contributed by atoms with van der Waals surface area (Å²) in [4.78, 5) is 15.3. The number of rotatable bonds is 4. The average molecular weight is 434 g/mol. The maximum Gasteiger partial charge on any atom is 0.143 e. The second-order valence-electron chi connectivity index (χ2n) is 10.1. The molecule has 0 radical (unpaired) electrons. The number of nitrogens with zero attached hydrogens (tertiary/aromatic N) is 3. The second kappa shape index (κ2) is 7.25. The molecule has 2 saturated heterocycles. The van der Waals surface area contributed by atoms with Gasteiger partial charge in [0.25, 0.3) is 0 Å². The van der Waals surface area contributed by atoms with Crippen molar-refractivity contribution in [1.82, 2.24) is 19.9 Å². The molecular formula is C25H28FN5O. The van der Waals surface area contributed by atoms with Crippen LogP contribution in [0.3, 0.4) is 0 Å². The number of aromatic nitrogens is 3. The number of hydrogen-bond acceptors (Lipinski definition) is 5. The lowest BCUT2D eigenvalue weighted by molar-refractivity contribution is 0.127. The molecule has 6 nitrogen and oxygen atoms in total. The summed E-state index contributed by atoms with van der Waals surface area (Å²) in [7, 11) is 0. The Morgan fingerprint density at radius 1 is 1.06 bits per heavy atom. The van der Waals surface area contributed by atoms with Gasteiger partial charge < -0.3 is 15.0 Å². The molecule has 3 aromatic rings.